The van der Waals surface area contributed by atoms with E-state index in [0.717, 1.165) is 126 Å². The fourth-order valence-electron chi connectivity index (χ4n) is 14.6. The molecule has 12 rings (SSSR count). The predicted octanol–water partition coefficient (Wildman–Crippen LogP) is 28.0. The summed E-state index contributed by atoms with van der Waals surface area (Å²) in [4.78, 5) is 0. The van der Waals surface area contributed by atoms with E-state index in [1.807, 2.05) is 72.8 Å². The van der Waals surface area contributed by atoms with Crippen LogP contribution in [0, 0.1) is 0 Å². The quantitative estimate of drug-likeness (QED) is 0.0265. The number of hydrogen-bond donors (Lipinski definition) is 0. The molecular weight excluding hydrogens is 1290 g/mol. The van der Waals surface area contributed by atoms with Crippen LogP contribution in [0.1, 0.15) is 233 Å². The number of unbranched alkanes of at least 4 members (excludes halogenated alkanes) is 28. The maximum absolute atomic E-state index is 6.31. The molecule has 0 unspecified atom stereocenters. The summed E-state index contributed by atoms with van der Waals surface area (Å²) in [6, 6.07) is 53.9. The van der Waals surface area contributed by atoms with Crippen molar-refractivity contribution < 1.29 is 37.0 Å². The lowest BCUT2D eigenvalue weighted by Crippen LogP contribution is -1.97. The first kappa shape index (κ1) is 74.6. The number of nitrogens with zero attached hydrogens (tertiary/aromatic N) is 4. The molecule has 546 valence electrons. The van der Waals surface area contributed by atoms with Crippen LogP contribution in [0.15, 0.2) is 176 Å². The Morgan fingerprint density at radius 2 is 0.413 bits per heavy atom. The summed E-state index contributed by atoms with van der Waals surface area (Å²) in [7, 11) is 0. The molecule has 0 saturated carbocycles. The third-order valence-electron chi connectivity index (χ3n) is 20.7. The maximum atomic E-state index is 6.31. The average molecular weight is 1400 g/mol. The molecule has 0 radical (unpaired) electrons. The number of rotatable bonds is 48. The Hall–Kier alpha value is -9.16. The van der Waals surface area contributed by atoms with Crippen LogP contribution in [0.25, 0.3) is 123 Å². The lowest BCUT2D eigenvalue weighted by molar-refractivity contribution is 0.304. The molecule has 8 aromatic carbocycles. The minimum Gasteiger partial charge on any atom is -0.494 e. The van der Waals surface area contributed by atoms with E-state index in [4.69, 9.17) is 57.7 Å². The number of aromatic nitrogens is 4. The molecule has 4 heterocycles. The summed E-state index contributed by atoms with van der Waals surface area (Å²) in [5.74, 6) is 5.94. The van der Waals surface area contributed by atoms with Crippen LogP contribution in [0.4, 0.5) is 0 Å². The van der Waals surface area contributed by atoms with Crippen molar-refractivity contribution in [1.29, 1.82) is 0 Å². The van der Waals surface area contributed by atoms with Crippen molar-refractivity contribution in [1.82, 2.24) is 20.6 Å². The Morgan fingerprint density at radius 3 is 0.615 bits per heavy atom. The first-order chi connectivity index (χ1) is 51.5. The maximum Gasteiger partial charge on any atom is 0.167 e. The van der Waals surface area contributed by atoms with E-state index in [1.54, 1.807) is 0 Å². The zero-order valence-corrected chi connectivity index (χ0v) is 62.5. The molecule has 0 aliphatic carbocycles. The van der Waals surface area contributed by atoms with Gasteiger partial charge in [0.05, 0.1) is 26.4 Å². The number of benzene rings is 8. The van der Waals surface area contributed by atoms with Crippen LogP contribution in [-0.4, -0.2) is 47.1 Å². The molecule has 0 aliphatic heterocycles. The smallest absolute Gasteiger partial charge is 0.167 e. The number of ether oxygens (including phenoxy) is 4. The molecular formula is C92H110N4O8. The van der Waals surface area contributed by atoms with Crippen LogP contribution in [-0.2, 0) is 0 Å². The molecule has 12 aromatic rings. The zero-order valence-electron chi connectivity index (χ0n) is 62.5. The van der Waals surface area contributed by atoms with Gasteiger partial charge in [0, 0.05) is 68.8 Å². The van der Waals surface area contributed by atoms with Gasteiger partial charge < -0.3 is 37.0 Å². The fraction of sp³-hybridized carbons (Fsp3) is 0.435. The Bertz CT molecular complexity index is 3900. The fourth-order valence-corrected chi connectivity index (χ4v) is 14.6. The monoisotopic (exact) mass is 1400 g/mol. The number of hydrogen-bond acceptors (Lipinski definition) is 12. The van der Waals surface area contributed by atoms with Crippen LogP contribution >= 0.6 is 0 Å². The molecule has 4 aromatic heterocycles. The molecule has 0 N–H and O–H groups in total. The summed E-state index contributed by atoms with van der Waals surface area (Å²) >= 11 is 0. The normalized spacial score (nSPS) is 11.7. The Kier molecular flexibility index (Phi) is 28.4. The van der Waals surface area contributed by atoms with Gasteiger partial charge in [-0.25, -0.2) is 0 Å². The summed E-state index contributed by atoms with van der Waals surface area (Å²) in [5.41, 5.74) is 9.81. The minimum atomic E-state index is 0.644. The van der Waals surface area contributed by atoms with Gasteiger partial charge in [-0.1, -0.05) is 252 Å². The van der Waals surface area contributed by atoms with Gasteiger partial charge in [-0.05, 0) is 167 Å². The molecule has 0 fully saturated rings. The SMILES string of the molecule is CCCCCCCCCCOc1ccc(-c2cc(-c3cc(-c4cc(-c5ccc(OCCCCCCCCCC)cc5)on4)c4ccc5c(-c6cc(-c7ccc(OCCCCCCCCCC)cc7)on6)cc(-c6cc(-c7ccc(OCCCCCCCCCC)cc7)on6)c6ccc3c4c65)no2)cc1. The third kappa shape index (κ3) is 20.2. The van der Waals surface area contributed by atoms with E-state index in [-0.39, 0.29) is 0 Å². The zero-order chi connectivity index (χ0) is 71.3. The molecule has 104 heavy (non-hydrogen) atoms. The van der Waals surface area contributed by atoms with Crippen molar-refractivity contribution in [2.75, 3.05) is 26.4 Å². The van der Waals surface area contributed by atoms with Crippen molar-refractivity contribution >= 4 is 32.3 Å². The molecule has 12 nitrogen and oxygen atoms in total. The van der Waals surface area contributed by atoms with Crippen molar-refractivity contribution in [3.8, 4) is 113 Å². The molecule has 0 saturated heterocycles. The van der Waals surface area contributed by atoms with Gasteiger partial charge in [-0.3, -0.25) is 0 Å². The highest BCUT2D eigenvalue weighted by molar-refractivity contribution is 6.31. The van der Waals surface area contributed by atoms with E-state index >= 15 is 0 Å². The highest BCUT2D eigenvalue weighted by Gasteiger charge is 2.26. The third-order valence-corrected chi connectivity index (χ3v) is 20.7. The first-order valence-electron chi connectivity index (χ1n) is 40.1. The molecule has 0 amide bonds. The predicted molar refractivity (Wildman–Crippen MR) is 426 cm³/mol. The van der Waals surface area contributed by atoms with E-state index < -0.39 is 0 Å². The van der Waals surface area contributed by atoms with Crippen molar-refractivity contribution in [2.24, 2.45) is 0 Å². The molecule has 0 atom stereocenters. The van der Waals surface area contributed by atoms with E-state index in [9.17, 15) is 0 Å². The molecule has 0 aliphatic rings. The second-order valence-electron chi connectivity index (χ2n) is 28.7. The second-order valence-corrected chi connectivity index (χ2v) is 28.7. The Morgan fingerprint density at radius 1 is 0.221 bits per heavy atom. The van der Waals surface area contributed by atoms with Gasteiger partial charge in [0.25, 0.3) is 0 Å². The summed E-state index contributed by atoms with van der Waals surface area (Å²) in [6.07, 6.45) is 40.2. The highest BCUT2D eigenvalue weighted by atomic mass is 16.5. The summed E-state index contributed by atoms with van der Waals surface area (Å²) in [5, 5.41) is 25.4. The van der Waals surface area contributed by atoms with Crippen molar-refractivity contribution in [2.45, 2.75) is 233 Å². The average Bonchev–Trinajstić information content (AvgIpc) is 1.04. The second kappa shape index (κ2) is 39.6. The van der Waals surface area contributed by atoms with E-state index in [2.05, 4.69) is 113 Å². The van der Waals surface area contributed by atoms with Gasteiger partial charge in [0.1, 0.15) is 45.8 Å². The Balaban J connectivity index is 0.879. The molecule has 0 spiro atoms. The van der Waals surface area contributed by atoms with Gasteiger partial charge in [-0.15, -0.1) is 0 Å². The van der Waals surface area contributed by atoms with Crippen LogP contribution < -0.4 is 18.9 Å². The first-order valence-corrected chi connectivity index (χ1v) is 40.1. The van der Waals surface area contributed by atoms with Crippen molar-refractivity contribution in [3.63, 3.8) is 0 Å². The minimum absolute atomic E-state index is 0.644. The topological polar surface area (TPSA) is 141 Å². The van der Waals surface area contributed by atoms with Gasteiger partial charge >= 0.3 is 0 Å². The standard InChI is InChI=1S/C92H110N4O8/c1-5-9-13-17-21-25-29-33-57-97-71-45-37-67(38-46-71)87-63-83(93-101-87)79-61-80(84-64-88(102-94-84)68-39-47-72(48-40-68)98-58-34-30-26-22-18-14-10-6-2)76-55-56-78-82(86-66-90(104-96-86)70-43-51-74(52-44-70)100-60-36-32-28-24-20-16-12-8-4)62-81(77-54-53-75(79)91(76)92(77)78)85-65-89(103-95-85)69-41-49-73(50-42-69)99-59-35-31-27-23-19-15-11-7-3/h37-56,61-66H,5-36,57-60H2,1-4H3. The van der Waals surface area contributed by atoms with Crippen molar-refractivity contribution in [3.05, 3.63) is 158 Å². The van der Waals surface area contributed by atoms with Gasteiger partial charge in [-0.2, -0.15) is 0 Å². The summed E-state index contributed by atoms with van der Waals surface area (Å²) < 4.78 is 50.2. The Labute approximate surface area is 617 Å². The van der Waals surface area contributed by atoms with Crippen LogP contribution in [0.5, 0.6) is 23.0 Å². The van der Waals surface area contributed by atoms with Crippen LogP contribution in [0.3, 0.4) is 0 Å². The highest BCUT2D eigenvalue weighted by Crippen LogP contribution is 2.49. The lowest BCUT2D eigenvalue weighted by atomic mass is 9.84. The van der Waals surface area contributed by atoms with Gasteiger partial charge in [0.2, 0.25) is 0 Å². The van der Waals surface area contributed by atoms with Crippen LogP contribution in [0.2, 0.25) is 0 Å². The lowest BCUT2D eigenvalue weighted by Gasteiger charge is -2.19. The van der Waals surface area contributed by atoms with E-state index in [0.29, 0.717) is 72.2 Å². The molecule has 0 bridgehead atoms. The van der Waals surface area contributed by atoms with E-state index in [1.165, 1.54) is 180 Å². The summed E-state index contributed by atoms with van der Waals surface area (Å²) in [6.45, 7) is 11.9. The largest absolute Gasteiger partial charge is 0.494 e. The molecule has 12 heteroatoms. The van der Waals surface area contributed by atoms with Gasteiger partial charge in [0.15, 0.2) is 23.0 Å².